The van der Waals surface area contributed by atoms with E-state index in [4.69, 9.17) is 0 Å². The van der Waals surface area contributed by atoms with Crippen LogP contribution in [0.1, 0.15) is 12.7 Å². The zero-order valence-electron chi connectivity index (χ0n) is 13.3. The van der Waals surface area contributed by atoms with Crippen LogP contribution in [0.3, 0.4) is 0 Å². The Morgan fingerprint density at radius 2 is 2.09 bits per heavy atom. The Labute approximate surface area is 132 Å². The van der Waals surface area contributed by atoms with Crippen LogP contribution in [0.25, 0.3) is 5.65 Å². The van der Waals surface area contributed by atoms with Gasteiger partial charge in [0.25, 0.3) is 5.56 Å². The van der Waals surface area contributed by atoms with Gasteiger partial charge in [0, 0.05) is 33.0 Å². The van der Waals surface area contributed by atoms with Crippen molar-refractivity contribution in [2.75, 3.05) is 24.3 Å². The molecule has 23 heavy (non-hydrogen) atoms. The molecule has 1 N–H and O–H groups in total. The van der Waals surface area contributed by atoms with Gasteiger partial charge in [-0.1, -0.05) is 0 Å². The van der Waals surface area contributed by atoms with Gasteiger partial charge in [0.2, 0.25) is 0 Å². The highest BCUT2D eigenvalue weighted by Gasteiger charge is 2.10. The number of nitrogens with one attached hydrogen (secondary N) is 1. The van der Waals surface area contributed by atoms with Crippen LogP contribution in [0.2, 0.25) is 0 Å². The normalized spacial score (nSPS) is 10.9. The minimum Gasteiger partial charge on any atom is -0.361 e. The molecule has 0 bridgehead atoms. The Bertz CT molecular complexity index is 882. The maximum atomic E-state index is 12.1. The fourth-order valence-electron chi connectivity index (χ4n) is 2.15. The first kappa shape index (κ1) is 14.9. The predicted molar refractivity (Wildman–Crippen MR) is 86.6 cm³/mol. The fourth-order valence-corrected chi connectivity index (χ4v) is 2.15. The van der Waals surface area contributed by atoms with Gasteiger partial charge in [0.05, 0.1) is 6.54 Å². The second-order valence-corrected chi connectivity index (χ2v) is 5.19. The van der Waals surface area contributed by atoms with Crippen LogP contribution in [0.4, 0.5) is 11.6 Å². The van der Waals surface area contributed by atoms with E-state index in [9.17, 15) is 4.79 Å². The molecule has 9 nitrogen and oxygen atoms in total. The quantitative estimate of drug-likeness (QED) is 0.727. The van der Waals surface area contributed by atoms with E-state index in [-0.39, 0.29) is 11.4 Å². The molecule has 3 aromatic heterocycles. The van der Waals surface area contributed by atoms with Crippen molar-refractivity contribution in [1.29, 1.82) is 0 Å². The third-order valence-corrected chi connectivity index (χ3v) is 3.44. The van der Waals surface area contributed by atoms with Crippen LogP contribution in [-0.2, 0) is 13.1 Å². The first-order valence-electron chi connectivity index (χ1n) is 7.28. The lowest BCUT2D eigenvalue weighted by Gasteiger charge is -2.11. The highest BCUT2D eigenvalue weighted by Crippen LogP contribution is 2.10. The fraction of sp³-hybridized carbons (Fsp3) is 0.357. The molecule has 0 unspecified atom stereocenters. The van der Waals surface area contributed by atoms with Gasteiger partial charge in [-0.2, -0.15) is 4.52 Å². The first-order valence-corrected chi connectivity index (χ1v) is 7.28. The van der Waals surface area contributed by atoms with Gasteiger partial charge in [-0.15, -0.1) is 15.3 Å². The van der Waals surface area contributed by atoms with Gasteiger partial charge in [0.15, 0.2) is 17.3 Å². The van der Waals surface area contributed by atoms with E-state index >= 15 is 0 Å². The maximum Gasteiger partial charge on any atom is 0.293 e. The molecule has 0 aliphatic heterocycles. The molecule has 3 heterocycles. The molecular formula is C14H18N8O. The first-order chi connectivity index (χ1) is 11.1. The van der Waals surface area contributed by atoms with Gasteiger partial charge in [0.1, 0.15) is 5.82 Å². The highest BCUT2D eigenvalue weighted by molar-refractivity contribution is 5.45. The van der Waals surface area contributed by atoms with Crippen LogP contribution in [0, 0.1) is 0 Å². The number of nitrogens with zero attached hydrogens (tertiary/aromatic N) is 7. The van der Waals surface area contributed by atoms with Crippen molar-refractivity contribution in [3.8, 4) is 0 Å². The summed E-state index contributed by atoms with van der Waals surface area (Å²) in [5.41, 5.74) is 0.491. The summed E-state index contributed by atoms with van der Waals surface area (Å²) in [5.74, 6) is 1.69. The van der Waals surface area contributed by atoms with Crippen molar-refractivity contribution in [3.63, 3.8) is 0 Å². The number of aromatic nitrogens is 6. The van der Waals surface area contributed by atoms with E-state index in [1.165, 1.54) is 0 Å². The number of aryl methyl sites for hydroxylation is 1. The van der Waals surface area contributed by atoms with E-state index in [1.807, 2.05) is 38.1 Å². The van der Waals surface area contributed by atoms with Crippen molar-refractivity contribution < 1.29 is 0 Å². The number of hydrogen-bond donors (Lipinski definition) is 1. The second-order valence-electron chi connectivity index (χ2n) is 5.19. The van der Waals surface area contributed by atoms with Crippen molar-refractivity contribution in [1.82, 2.24) is 29.4 Å². The largest absolute Gasteiger partial charge is 0.361 e. The lowest BCUT2D eigenvalue weighted by Crippen LogP contribution is -2.24. The molecule has 120 valence electrons. The number of fused-ring (bicyclic) bond motifs is 1. The highest BCUT2D eigenvalue weighted by atomic mass is 16.1. The third-order valence-electron chi connectivity index (χ3n) is 3.44. The number of rotatable bonds is 5. The van der Waals surface area contributed by atoms with E-state index < -0.39 is 0 Å². The van der Waals surface area contributed by atoms with Gasteiger partial charge >= 0.3 is 0 Å². The average Bonchev–Trinajstić information content (AvgIpc) is 2.96. The lowest BCUT2D eigenvalue weighted by atomic mass is 10.5. The molecule has 0 radical (unpaired) electrons. The summed E-state index contributed by atoms with van der Waals surface area (Å²) in [6.07, 6.45) is 3.25. The molecule has 0 saturated carbocycles. The van der Waals surface area contributed by atoms with Gasteiger partial charge in [-0.25, -0.2) is 4.98 Å². The van der Waals surface area contributed by atoms with Crippen LogP contribution in [0.15, 0.2) is 29.3 Å². The minimum absolute atomic E-state index is 0.161. The van der Waals surface area contributed by atoms with Crippen molar-refractivity contribution >= 4 is 17.3 Å². The molecule has 0 atom stereocenters. The Balaban J connectivity index is 1.88. The zero-order valence-corrected chi connectivity index (χ0v) is 13.3. The van der Waals surface area contributed by atoms with Crippen LogP contribution >= 0.6 is 0 Å². The SMILES string of the molecule is CCn1ccnc(NCc2nnc3ccc(N(C)C)nn23)c1=O. The number of hydrogen-bond acceptors (Lipinski definition) is 7. The number of anilines is 2. The summed E-state index contributed by atoms with van der Waals surface area (Å²) in [4.78, 5) is 18.1. The Hall–Kier alpha value is -2.97. The van der Waals surface area contributed by atoms with Crippen molar-refractivity contribution in [2.24, 2.45) is 0 Å². The van der Waals surface area contributed by atoms with Gasteiger partial charge in [-0.05, 0) is 19.1 Å². The molecule has 9 heteroatoms. The van der Waals surface area contributed by atoms with Crippen LogP contribution < -0.4 is 15.8 Å². The maximum absolute atomic E-state index is 12.1. The molecule has 3 aromatic rings. The van der Waals surface area contributed by atoms with E-state index in [2.05, 4.69) is 25.6 Å². The molecule has 0 fully saturated rings. The summed E-state index contributed by atoms with van der Waals surface area (Å²) in [6.45, 7) is 2.81. The Morgan fingerprint density at radius 3 is 2.83 bits per heavy atom. The summed E-state index contributed by atoms with van der Waals surface area (Å²) in [5, 5.41) is 15.7. The van der Waals surface area contributed by atoms with Crippen LogP contribution in [-0.4, -0.2) is 43.5 Å². The summed E-state index contributed by atoms with van der Waals surface area (Å²) >= 11 is 0. The Kier molecular flexibility index (Phi) is 3.92. The smallest absolute Gasteiger partial charge is 0.293 e. The summed E-state index contributed by atoms with van der Waals surface area (Å²) in [7, 11) is 3.83. The topological polar surface area (TPSA) is 93.2 Å². The third kappa shape index (κ3) is 2.85. The van der Waals surface area contributed by atoms with Crippen LogP contribution in [0.5, 0.6) is 0 Å². The van der Waals surface area contributed by atoms with Gasteiger partial charge in [-0.3, -0.25) is 4.79 Å². The Morgan fingerprint density at radius 1 is 1.26 bits per heavy atom. The summed E-state index contributed by atoms with van der Waals surface area (Å²) in [6, 6.07) is 3.73. The molecule has 0 saturated heterocycles. The molecule has 0 spiro atoms. The zero-order chi connectivity index (χ0) is 16.4. The second kappa shape index (κ2) is 6.03. The summed E-state index contributed by atoms with van der Waals surface area (Å²) < 4.78 is 3.24. The van der Waals surface area contributed by atoms with Gasteiger partial charge < -0.3 is 14.8 Å². The van der Waals surface area contributed by atoms with E-state index in [1.54, 1.807) is 21.5 Å². The molecule has 0 aliphatic carbocycles. The predicted octanol–water partition coefficient (Wildman–Crippen LogP) is 0.379. The molecular weight excluding hydrogens is 296 g/mol. The van der Waals surface area contributed by atoms with E-state index in [0.29, 0.717) is 24.6 Å². The molecule has 0 aliphatic rings. The molecule has 3 rings (SSSR count). The minimum atomic E-state index is -0.161. The van der Waals surface area contributed by atoms with Crippen molar-refractivity contribution in [2.45, 2.75) is 20.0 Å². The average molecular weight is 314 g/mol. The van der Waals surface area contributed by atoms with Crippen molar-refractivity contribution in [3.05, 3.63) is 40.7 Å². The molecule has 0 amide bonds. The molecule has 0 aromatic carbocycles. The standard InChI is InChI=1S/C14H18N8O/c1-4-21-8-7-15-13(14(21)23)16-9-12-18-17-10-5-6-11(20(2)3)19-22(10)12/h5-8H,4,9H2,1-3H3,(H,15,16). The van der Waals surface area contributed by atoms with E-state index in [0.717, 1.165) is 5.82 Å². The monoisotopic (exact) mass is 314 g/mol. The lowest BCUT2D eigenvalue weighted by molar-refractivity contribution is 0.717.